The molecule has 2 N–H and O–H groups in total. The Labute approximate surface area is 108 Å². The first-order valence-corrected chi connectivity index (χ1v) is 6.46. The van der Waals surface area contributed by atoms with Crippen LogP contribution in [0.2, 0.25) is 0 Å². The smallest absolute Gasteiger partial charge is 0.134 e. The number of rotatable bonds is 5. The molecule has 0 amide bonds. The van der Waals surface area contributed by atoms with Gasteiger partial charge >= 0.3 is 0 Å². The Kier molecular flexibility index (Phi) is 4.04. The number of para-hydroxylation sites is 1. The average Bonchev–Trinajstić information content (AvgIpc) is 2.61. The molecule has 1 aromatic heterocycles. The minimum Gasteiger partial charge on any atom is -0.461 e. The van der Waals surface area contributed by atoms with Gasteiger partial charge in [0, 0.05) is 23.5 Å². The second-order valence-electron chi connectivity index (χ2n) is 5.00. The molecule has 0 fully saturated rings. The van der Waals surface area contributed by atoms with Gasteiger partial charge in [-0.05, 0) is 33.3 Å². The lowest BCUT2D eigenvalue weighted by atomic mass is 10.1. The Morgan fingerprint density at radius 3 is 2.72 bits per heavy atom. The Hall–Kier alpha value is -1.32. The zero-order valence-electron chi connectivity index (χ0n) is 11.2. The van der Waals surface area contributed by atoms with Crippen molar-refractivity contribution in [2.24, 2.45) is 0 Å². The maximum atomic E-state index is 9.35. The molecular formula is C15H21NO2. The highest BCUT2D eigenvalue weighted by atomic mass is 16.3. The molecule has 3 nitrogen and oxygen atoms in total. The molecule has 0 spiro atoms. The van der Waals surface area contributed by atoms with Gasteiger partial charge < -0.3 is 14.8 Å². The van der Waals surface area contributed by atoms with E-state index in [2.05, 4.69) is 18.3 Å². The lowest BCUT2D eigenvalue weighted by molar-refractivity contribution is 0.170. The number of nitrogens with one attached hydrogen (secondary N) is 1. The first-order valence-electron chi connectivity index (χ1n) is 6.46. The normalized spacial score (nSPS) is 14.9. The lowest BCUT2D eigenvalue weighted by Gasteiger charge is -2.15. The first kappa shape index (κ1) is 13.1. The van der Waals surface area contributed by atoms with Gasteiger partial charge in [-0.1, -0.05) is 18.2 Å². The molecular weight excluding hydrogens is 226 g/mol. The van der Waals surface area contributed by atoms with Gasteiger partial charge in [-0.15, -0.1) is 0 Å². The highest BCUT2D eigenvalue weighted by Gasteiger charge is 2.12. The molecule has 0 saturated heterocycles. The van der Waals surface area contributed by atoms with Crippen molar-refractivity contribution in [1.82, 2.24) is 5.32 Å². The molecule has 0 saturated carbocycles. The zero-order valence-corrected chi connectivity index (χ0v) is 11.2. The van der Waals surface area contributed by atoms with Crippen LogP contribution < -0.4 is 5.32 Å². The fraction of sp³-hybridized carbons (Fsp3) is 0.467. The Morgan fingerprint density at radius 2 is 2.00 bits per heavy atom. The third-order valence-corrected chi connectivity index (χ3v) is 3.22. The van der Waals surface area contributed by atoms with Crippen LogP contribution in [-0.4, -0.2) is 17.3 Å². The van der Waals surface area contributed by atoms with Crippen molar-refractivity contribution < 1.29 is 9.52 Å². The van der Waals surface area contributed by atoms with Crippen molar-refractivity contribution in [1.29, 1.82) is 0 Å². The van der Waals surface area contributed by atoms with Gasteiger partial charge in [0.15, 0.2) is 0 Å². The molecule has 0 aliphatic heterocycles. The summed E-state index contributed by atoms with van der Waals surface area (Å²) < 4.78 is 5.72. The maximum Gasteiger partial charge on any atom is 0.134 e. The van der Waals surface area contributed by atoms with E-state index < -0.39 is 0 Å². The summed E-state index contributed by atoms with van der Waals surface area (Å²) >= 11 is 0. The standard InChI is InChI=1S/C15H21NO2/c1-10(8-11(2)17)16-9-14-12(3)18-15-7-5-4-6-13(14)15/h4-7,10-11,16-17H,8-9H2,1-3H3. The van der Waals surface area contributed by atoms with Crippen LogP contribution in [0.4, 0.5) is 0 Å². The molecule has 0 aliphatic carbocycles. The van der Waals surface area contributed by atoms with Crippen molar-refractivity contribution >= 4 is 11.0 Å². The molecule has 2 atom stereocenters. The van der Waals surface area contributed by atoms with Crippen molar-refractivity contribution in [3.8, 4) is 0 Å². The van der Waals surface area contributed by atoms with Gasteiger partial charge in [0.2, 0.25) is 0 Å². The molecule has 1 aromatic carbocycles. The van der Waals surface area contributed by atoms with E-state index in [9.17, 15) is 5.11 Å². The fourth-order valence-electron chi connectivity index (χ4n) is 2.31. The minimum absolute atomic E-state index is 0.269. The first-order chi connectivity index (χ1) is 8.58. The highest BCUT2D eigenvalue weighted by molar-refractivity contribution is 5.82. The number of aryl methyl sites for hydroxylation is 1. The Balaban J connectivity index is 2.09. The predicted molar refractivity (Wildman–Crippen MR) is 73.6 cm³/mol. The largest absolute Gasteiger partial charge is 0.461 e. The number of hydrogen-bond acceptors (Lipinski definition) is 3. The topological polar surface area (TPSA) is 45.4 Å². The molecule has 2 unspecified atom stereocenters. The van der Waals surface area contributed by atoms with Crippen LogP contribution in [-0.2, 0) is 6.54 Å². The predicted octanol–water partition coefficient (Wildman–Crippen LogP) is 2.99. The maximum absolute atomic E-state index is 9.35. The molecule has 1 heterocycles. The van der Waals surface area contributed by atoms with E-state index in [1.165, 1.54) is 10.9 Å². The Bertz CT molecular complexity index is 516. The van der Waals surface area contributed by atoms with Crippen LogP contribution in [0.15, 0.2) is 28.7 Å². The summed E-state index contributed by atoms with van der Waals surface area (Å²) in [6, 6.07) is 8.38. The molecule has 0 radical (unpaired) electrons. The summed E-state index contributed by atoms with van der Waals surface area (Å²) in [5.74, 6) is 0.966. The molecule has 98 valence electrons. The van der Waals surface area contributed by atoms with Crippen LogP contribution in [0, 0.1) is 6.92 Å². The minimum atomic E-state index is -0.269. The SMILES string of the molecule is Cc1oc2ccccc2c1CNC(C)CC(C)O. The second kappa shape index (κ2) is 5.55. The molecule has 0 bridgehead atoms. The van der Waals surface area contributed by atoms with E-state index in [1.54, 1.807) is 0 Å². The fourth-order valence-corrected chi connectivity index (χ4v) is 2.31. The van der Waals surface area contributed by atoms with E-state index in [0.717, 1.165) is 24.3 Å². The van der Waals surface area contributed by atoms with Crippen LogP contribution in [0.3, 0.4) is 0 Å². The molecule has 0 aliphatic rings. The van der Waals surface area contributed by atoms with Crippen molar-refractivity contribution in [3.05, 3.63) is 35.6 Å². The quantitative estimate of drug-likeness (QED) is 0.853. The lowest BCUT2D eigenvalue weighted by Crippen LogP contribution is -2.28. The van der Waals surface area contributed by atoms with E-state index in [-0.39, 0.29) is 12.1 Å². The van der Waals surface area contributed by atoms with Crippen molar-refractivity contribution in [3.63, 3.8) is 0 Å². The van der Waals surface area contributed by atoms with E-state index in [0.29, 0.717) is 0 Å². The molecule has 2 rings (SSSR count). The monoisotopic (exact) mass is 247 g/mol. The highest BCUT2D eigenvalue weighted by Crippen LogP contribution is 2.25. The number of benzene rings is 1. The van der Waals surface area contributed by atoms with Gasteiger partial charge in [0.1, 0.15) is 11.3 Å². The summed E-state index contributed by atoms with van der Waals surface area (Å²) in [6.45, 7) is 6.67. The average molecular weight is 247 g/mol. The third kappa shape index (κ3) is 2.92. The second-order valence-corrected chi connectivity index (χ2v) is 5.00. The van der Waals surface area contributed by atoms with Gasteiger partial charge in [0.25, 0.3) is 0 Å². The van der Waals surface area contributed by atoms with Crippen LogP contribution in [0.25, 0.3) is 11.0 Å². The number of hydrogen-bond donors (Lipinski definition) is 2. The van der Waals surface area contributed by atoms with Crippen molar-refractivity contribution in [2.75, 3.05) is 0 Å². The number of aliphatic hydroxyl groups is 1. The number of fused-ring (bicyclic) bond motifs is 1. The Morgan fingerprint density at radius 1 is 1.28 bits per heavy atom. The van der Waals surface area contributed by atoms with Crippen LogP contribution in [0.5, 0.6) is 0 Å². The summed E-state index contributed by atoms with van der Waals surface area (Å²) in [4.78, 5) is 0. The van der Waals surface area contributed by atoms with Crippen LogP contribution in [0.1, 0.15) is 31.6 Å². The third-order valence-electron chi connectivity index (χ3n) is 3.22. The van der Waals surface area contributed by atoms with Gasteiger partial charge in [0.05, 0.1) is 6.10 Å². The molecule has 3 heteroatoms. The summed E-state index contributed by atoms with van der Waals surface area (Å²) in [5.41, 5.74) is 2.15. The van der Waals surface area contributed by atoms with E-state index in [4.69, 9.17) is 4.42 Å². The number of aliphatic hydroxyl groups excluding tert-OH is 1. The summed E-state index contributed by atoms with van der Waals surface area (Å²) in [5, 5.41) is 14.0. The van der Waals surface area contributed by atoms with Gasteiger partial charge in [-0.2, -0.15) is 0 Å². The molecule has 18 heavy (non-hydrogen) atoms. The number of furan rings is 1. The van der Waals surface area contributed by atoms with Gasteiger partial charge in [-0.3, -0.25) is 0 Å². The van der Waals surface area contributed by atoms with E-state index in [1.807, 2.05) is 32.0 Å². The van der Waals surface area contributed by atoms with Crippen molar-refractivity contribution in [2.45, 2.75) is 45.9 Å². The zero-order chi connectivity index (χ0) is 13.1. The summed E-state index contributed by atoms with van der Waals surface area (Å²) in [7, 11) is 0. The van der Waals surface area contributed by atoms with E-state index >= 15 is 0 Å². The summed E-state index contributed by atoms with van der Waals surface area (Å²) in [6.07, 6.45) is 0.490. The molecule has 2 aromatic rings. The van der Waals surface area contributed by atoms with Gasteiger partial charge in [-0.25, -0.2) is 0 Å². The van der Waals surface area contributed by atoms with Crippen LogP contribution >= 0.6 is 0 Å².